The van der Waals surface area contributed by atoms with Gasteiger partial charge in [0.25, 0.3) is 0 Å². The minimum Gasteiger partial charge on any atom is -0.461 e. The Labute approximate surface area is 157 Å². The van der Waals surface area contributed by atoms with Gasteiger partial charge in [0.2, 0.25) is 5.91 Å². The number of hydrogen-bond donors (Lipinski definition) is 1. The topological polar surface area (TPSA) is 81.7 Å². The third kappa shape index (κ3) is 3.49. The summed E-state index contributed by atoms with van der Waals surface area (Å²) in [7, 11) is 1.62. The number of furan rings is 1. The second kappa shape index (κ2) is 7.56. The molecule has 1 N–H and O–H groups in total. The molecule has 6 heteroatoms. The van der Waals surface area contributed by atoms with Gasteiger partial charge in [-0.25, -0.2) is 4.79 Å². The van der Waals surface area contributed by atoms with Crippen LogP contribution in [0.2, 0.25) is 0 Å². The smallest absolute Gasteiger partial charge is 0.340 e. The average molecular weight is 371 g/mol. The van der Waals surface area contributed by atoms with Gasteiger partial charge in [-0.1, -0.05) is 0 Å². The fourth-order valence-corrected chi connectivity index (χ4v) is 3.36. The largest absolute Gasteiger partial charge is 0.461 e. The van der Waals surface area contributed by atoms with E-state index >= 15 is 0 Å². The van der Waals surface area contributed by atoms with Crippen molar-refractivity contribution in [3.63, 3.8) is 0 Å². The normalized spacial score (nSPS) is 11.4. The number of ether oxygens (including phenoxy) is 1. The molecular weight excluding hydrogens is 346 g/mol. The Morgan fingerprint density at radius 3 is 2.41 bits per heavy atom. The summed E-state index contributed by atoms with van der Waals surface area (Å²) in [5.41, 5.74) is 3.81. The van der Waals surface area contributed by atoms with Crippen LogP contribution in [0.25, 0.3) is 21.9 Å². The first-order valence-corrected chi connectivity index (χ1v) is 9.06. The summed E-state index contributed by atoms with van der Waals surface area (Å²) in [5, 5.41) is 4.65. The zero-order valence-corrected chi connectivity index (χ0v) is 16.4. The molecule has 0 aliphatic carbocycles. The number of methoxy groups -OCH3 is 1. The number of fused-ring (bicyclic) bond motifs is 2. The van der Waals surface area contributed by atoms with Gasteiger partial charge in [-0.3, -0.25) is 4.79 Å². The van der Waals surface area contributed by atoms with E-state index in [0.29, 0.717) is 24.3 Å². The van der Waals surface area contributed by atoms with E-state index in [9.17, 15) is 9.59 Å². The molecule has 0 aliphatic rings. The number of rotatable bonds is 6. The predicted octanol–water partition coefficient (Wildman–Crippen LogP) is 3.47. The maximum atomic E-state index is 12.5. The van der Waals surface area contributed by atoms with Crippen molar-refractivity contribution in [3.05, 3.63) is 44.5 Å². The summed E-state index contributed by atoms with van der Waals surface area (Å²) in [5.74, 6) is 0.646. The van der Waals surface area contributed by atoms with E-state index in [-0.39, 0.29) is 12.3 Å². The number of carbonyl (C=O) groups is 1. The lowest BCUT2D eigenvalue weighted by Crippen LogP contribution is -2.29. The first-order chi connectivity index (χ1) is 12.8. The highest BCUT2D eigenvalue weighted by Gasteiger charge is 2.19. The van der Waals surface area contributed by atoms with E-state index in [1.54, 1.807) is 7.11 Å². The van der Waals surface area contributed by atoms with E-state index in [1.165, 1.54) is 0 Å². The lowest BCUT2D eigenvalue weighted by molar-refractivity contribution is -0.120. The molecule has 0 fully saturated rings. The predicted molar refractivity (Wildman–Crippen MR) is 104 cm³/mol. The molecule has 1 aromatic carbocycles. The highest BCUT2D eigenvalue weighted by molar-refractivity contribution is 6.00. The molecule has 0 radical (unpaired) electrons. The minimum atomic E-state index is -0.477. The molecule has 2 aromatic heterocycles. The fourth-order valence-electron chi connectivity index (χ4n) is 3.36. The van der Waals surface area contributed by atoms with Crippen LogP contribution in [0.1, 0.15) is 34.4 Å². The van der Waals surface area contributed by atoms with Crippen molar-refractivity contribution in [2.45, 2.75) is 40.5 Å². The van der Waals surface area contributed by atoms with E-state index in [2.05, 4.69) is 5.32 Å². The molecule has 0 unspecified atom stereocenters. The Morgan fingerprint density at radius 2 is 1.70 bits per heavy atom. The van der Waals surface area contributed by atoms with E-state index in [0.717, 1.165) is 45.2 Å². The van der Waals surface area contributed by atoms with Gasteiger partial charge in [-0.15, -0.1) is 0 Å². The summed E-state index contributed by atoms with van der Waals surface area (Å²) < 4.78 is 16.4. The molecule has 0 spiro atoms. The summed E-state index contributed by atoms with van der Waals surface area (Å²) in [6.07, 6.45) is 0.724. The first-order valence-electron chi connectivity index (χ1n) is 9.06. The Hall–Kier alpha value is -2.60. The first kappa shape index (κ1) is 19.2. The van der Waals surface area contributed by atoms with E-state index < -0.39 is 5.63 Å². The standard InChI is InChI=1S/C21H25NO5/c1-11-14(4)26-19-13(3)20-16(9-15(11)19)12(2)17(21(24)27-20)10-18(23)22-7-6-8-25-5/h9H,6-8,10H2,1-5H3,(H,22,23). The van der Waals surface area contributed by atoms with Crippen molar-refractivity contribution >= 4 is 27.8 Å². The summed E-state index contributed by atoms with van der Waals surface area (Å²) in [4.78, 5) is 24.7. The zero-order chi connectivity index (χ0) is 19.7. The van der Waals surface area contributed by atoms with E-state index in [1.807, 2.05) is 33.8 Å². The van der Waals surface area contributed by atoms with Gasteiger partial charge in [0.1, 0.15) is 16.9 Å². The van der Waals surface area contributed by atoms with Crippen LogP contribution in [0.4, 0.5) is 0 Å². The van der Waals surface area contributed by atoms with Crippen LogP contribution >= 0.6 is 0 Å². The molecule has 0 saturated heterocycles. The van der Waals surface area contributed by atoms with Gasteiger partial charge >= 0.3 is 5.63 Å². The van der Waals surface area contributed by atoms with Crippen LogP contribution in [-0.2, 0) is 16.0 Å². The average Bonchev–Trinajstić information content (AvgIpc) is 2.92. The van der Waals surface area contributed by atoms with Gasteiger partial charge in [-0.05, 0) is 51.3 Å². The third-order valence-electron chi connectivity index (χ3n) is 5.13. The molecule has 3 aromatic rings. The van der Waals surface area contributed by atoms with Crippen LogP contribution in [0.5, 0.6) is 0 Å². The molecule has 27 heavy (non-hydrogen) atoms. The Kier molecular flexibility index (Phi) is 5.37. The van der Waals surface area contributed by atoms with Crippen molar-refractivity contribution in [1.29, 1.82) is 0 Å². The number of amides is 1. The number of hydrogen-bond acceptors (Lipinski definition) is 5. The molecule has 0 saturated carbocycles. The molecule has 1 amide bonds. The molecular formula is C21H25NO5. The lowest BCUT2D eigenvalue weighted by Gasteiger charge is -2.10. The van der Waals surface area contributed by atoms with Gasteiger partial charge in [0, 0.05) is 36.6 Å². The van der Waals surface area contributed by atoms with E-state index in [4.69, 9.17) is 13.6 Å². The van der Waals surface area contributed by atoms with Crippen molar-refractivity contribution in [2.75, 3.05) is 20.3 Å². The molecule has 3 rings (SSSR count). The molecule has 6 nitrogen and oxygen atoms in total. The Balaban J connectivity index is 2.02. The van der Waals surface area contributed by atoms with Crippen LogP contribution in [0.15, 0.2) is 19.7 Å². The summed E-state index contributed by atoms with van der Waals surface area (Å²) in [6, 6.07) is 1.99. The van der Waals surface area contributed by atoms with Crippen LogP contribution in [-0.4, -0.2) is 26.2 Å². The Bertz CT molecular complexity index is 1070. The van der Waals surface area contributed by atoms with Crippen LogP contribution in [0.3, 0.4) is 0 Å². The van der Waals surface area contributed by atoms with Crippen LogP contribution < -0.4 is 10.9 Å². The zero-order valence-electron chi connectivity index (χ0n) is 16.4. The summed E-state index contributed by atoms with van der Waals surface area (Å²) in [6.45, 7) is 8.77. The number of benzene rings is 1. The van der Waals surface area contributed by atoms with Crippen molar-refractivity contribution in [2.24, 2.45) is 0 Å². The van der Waals surface area contributed by atoms with Gasteiger partial charge in [0.05, 0.1) is 12.0 Å². The lowest BCUT2D eigenvalue weighted by atomic mass is 9.99. The monoisotopic (exact) mass is 371 g/mol. The quantitative estimate of drug-likeness (QED) is 0.530. The minimum absolute atomic E-state index is 0.00241. The number of nitrogens with one attached hydrogen (secondary N) is 1. The summed E-state index contributed by atoms with van der Waals surface area (Å²) >= 11 is 0. The highest BCUT2D eigenvalue weighted by Crippen LogP contribution is 2.34. The molecule has 0 bridgehead atoms. The van der Waals surface area contributed by atoms with Gasteiger partial charge in [-0.2, -0.15) is 0 Å². The van der Waals surface area contributed by atoms with Gasteiger partial charge in [0.15, 0.2) is 0 Å². The maximum Gasteiger partial charge on any atom is 0.340 e. The highest BCUT2D eigenvalue weighted by atomic mass is 16.5. The molecule has 144 valence electrons. The van der Waals surface area contributed by atoms with Gasteiger partial charge < -0.3 is 18.9 Å². The number of carbonyl (C=O) groups excluding carboxylic acids is 1. The fraction of sp³-hybridized carbons (Fsp3) is 0.429. The van der Waals surface area contributed by atoms with Crippen molar-refractivity contribution in [1.82, 2.24) is 5.32 Å². The second-order valence-electron chi connectivity index (χ2n) is 6.90. The van der Waals surface area contributed by atoms with Crippen molar-refractivity contribution < 1.29 is 18.4 Å². The SMILES string of the molecule is COCCCNC(=O)Cc1c(C)c2cc3c(C)c(C)oc3c(C)c2oc1=O. The maximum absolute atomic E-state index is 12.5. The molecule has 2 heterocycles. The van der Waals surface area contributed by atoms with Crippen LogP contribution in [0, 0.1) is 27.7 Å². The molecule has 0 atom stereocenters. The second-order valence-corrected chi connectivity index (χ2v) is 6.90. The Morgan fingerprint density at radius 1 is 1.04 bits per heavy atom. The molecule has 0 aliphatic heterocycles. The number of aryl methyl sites for hydroxylation is 4. The van der Waals surface area contributed by atoms with Crippen molar-refractivity contribution in [3.8, 4) is 0 Å². The third-order valence-corrected chi connectivity index (χ3v) is 5.13.